The van der Waals surface area contributed by atoms with Crippen molar-refractivity contribution < 1.29 is 9.18 Å². The van der Waals surface area contributed by atoms with Gasteiger partial charge in [0.1, 0.15) is 24.5 Å². The molecule has 0 aliphatic heterocycles. The molecule has 0 bridgehead atoms. The molecular formula is C18H13FN6O2. The molecule has 0 atom stereocenters. The van der Waals surface area contributed by atoms with Crippen molar-refractivity contribution in [3.63, 3.8) is 0 Å². The molecule has 0 spiro atoms. The molecule has 0 saturated carbocycles. The number of aromatic nitrogens is 5. The van der Waals surface area contributed by atoms with Gasteiger partial charge in [0, 0.05) is 12.4 Å². The van der Waals surface area contributed by atoms with E-state index < -0.39 is 17.3 Å². The predicted molar refractivity (Wildman–Crippen MR) is 95.9 cm³/mol. The number of nitrogens with zero attached hydrogens (tertiary/aromatic N) is 5. The Kier molecular flexibility index (Phi) is 4.17. The van der Waals surface area contributed by atoms with Gasteiger partial charge in [-0.3, -0.25) is 18.7 Å². The average molecular weight is 364 g/mol. The lowest BCUT2D eigenvalue weighted by Crippen LogP contribution is -2.28. The first-order chi connectivity index (χ1) is 13.1. The molecular weight excluding hydrogens is 351 g/mol. The molecule has 0 saturated heterocycles. The molecule has 0 aliphatic carbocycles. The first-order valence-electron chi connectivity index (χ1n) is 7.99. The third kappa shape index (κ3) is 3.43. The number of carbonyl (C=O) groups excluding carboxylic acids is 1. The van der Waals surface area contributed by atoms with Gasteiger partial charge in [0.15, 0.2) is 0 Å². The number of halogens is 1. The summed E-state index contributed by atoms with van der Waals surface area (Å²) >= 11 is 0. The fourth-order valence-electron chi connectivity index (χ4n) is 2.61. The highest BCUT2D eigenvalue weighted by Crippen LogP contribution is 2.10. The van der Waals surface area contributed by atoms with Crippen LogP contribution in [-0.4, -0.2) is 30.0 Å². The summed E-state index contributed by atoms with van der Waals surface area (Å²) < 4.78 is 16.2. The minimum absolute atomic E-state index is 0.122. The van der Waals surface area contributed by atoms with Crippen LogP contribution >= 0.6 is 0 Å². The van der Waals surface area contributed by atoms with Gasteiger partial charge in [-0.25, -0.2) is 19.3 Å². The number of benzene rings is 1. The minimum atomic E-state index is -0.535. The van der Waals surface area contributed by atoms with E-state index in [1.54, 1.807) is 35.4 Å². The summed E-state index contributed by atoms with van der Waals surface area (Å²) in [6.45, 7) is -0.248. The van der Waals surface area contributed by atoms with Crippen molar-refractivity contribution in [1.82, 2.24) is 24.1 Å². The zero-order chi connectivity index (χ0) is 18.8. The van der Waals surface area contributed by atoms with E-state index in [1.807, 2.05) is 0 Å². The maximum Gasteiger partial charge on any atom is 0.261 e. The quantitative estimate of drug-likeness (QED) is 0.595. The molecule has 0 fully saturated rings. The number of anilines is 1. The van der Waals surface area contributed by atoms with Crippen molar-refractivity contribution in [3.05, 3.63) is 77.7 Å². The summed E-state index contributed by atoms with van der Waals surface area (Å²) in [6.07, 6.45) is 7.77. The number of hydrogen-bond donors (Lipinski definition) is 1. The molecule has 1 amide bonds. The van der Waals surface area contributed by atoms with E-state index in [9.17, 15) is 14.0 Å². The largest absolute Gasteiger partial charge is 0.323 e. The van der Waals surface area contributed by atoms with Crippen LogP contribution in [0.4, 0.5) is 10.1 Å². The van der Waals surface area contributed by atoms with Crippen LogP contribution in [-0.2, 0) is 11.3 Å². The third-order valence-corrected chi connectivity index (χ3v) is 3.90. The van der Waals surface area contributed by atoms with Crippen LogP contribution in [0.1, 0.15) is 0 Å². The second kappa shape index (κ2) is 6.79. The zero-order valence-corrected chi connectivity index (χ0v) is 13.9. The highest BCUT2D eigenvalue weighted by molar-refractivity contribution is 5.90. The molecule has 134 valence electrons. The molecule has 9 heteroatoms. The molecule has 8 nitrogen and oxygen atoms in total. The van der Waals surface area contributed by atoms with Crippen LogP contribution in [0.25, 0.3) is 16.7 Å². The van der Waals surface area contributed by atoms with E-state index in [4.69, 9.17) is 0 Å². The summed E-state index contributed by atoms with van der Waals surface area (Å²) in [5.41, 5.74) is 0.372. The molecule has 1 aromatic carbocycles. The number of rotatable bonds is 4. The van der Waals surface area contributed by atoms with Gasteiger partial charge < -0.3 is 5.32 Å². The van der Waals surface area contributed by atoms with Gasteiger partial charge in [-0.15, -0.1) is 0 Å². The SMILES string of the molecule is O=C(Cn1cnc2ccc(F)cc2c1=O)Nc1ccc(-n2ccnc2)nc1. The Morgan fingerprint density at radius 2 is 2.04 bits per heavy atom. The Morgan fingerprint density at radius 3 is 2.78 bits per heavy atom. The molecule has 0 unspecified atom stereocenters. The molecule has 1 N–H and O–H groups in total. The number of hydrogen-bond acceptors (Lipinski definition) is 5. The summed E-state index contributed by atoms with van der Waals surface area (Å²) in [5, 5.41) is 2.78. The Bertz CT molecular complexity index is 1170. The molecule has 4 rings (SSSR count). The second-order valence-electron chi connectivity index (χ2n) is 5.76. The van der Waals surface area contributed by atoms with Gasteiger partial charge >= 0.3 is 0 Å². The van der Waals surface area contributed by atoms with Gasteiger partial charge in [-0.05, 0) is 30.3 Å². The normalized spacial score (nSPS) is 10.9. The minimum Gasteiger partial charge on any atom is -0.323 e. The molecule has 0 radical (unpaired) electrons. The van der Waals surface area contributed by atoms with Crippen LogP contribution in [0.3, 0.4) is 0 Å². The van der Waals surface area contributed by atoms with Crippen LogP contribution in [0.2, 0.25) is 0 Å². The topological polar surface area (TPSA) is 94.7 Å². The molecule has 3 heterocycles. The lowest BCUT2D eigenvalue weighted by Gasteiger charge is -2.08. The average Bonchev–Trinajstić information content (AvgIpc) is 3.20. The van der Waals surface area contributed by atoms with Gasteiger partial charge in [0.25, 0.3) is 5.56 Å². The maximum absolute atomic E-state index is 13.4. The Balaban J connectivity index is 1.50. The van der Waals surface area contributed by atoms with E-state index in [2.05, 4.69) is 20.3 Å². The Hall–Kier alpha value is -3.88. The number of carbonyl (C=O) groups is 1. The lowest BCUT2D eigenvalue weighted by molar-refractivity contribution is -0.116. The van der Waals surface area contributed by atoms with E-state index >= 15 is 0 Å². The van der Waals surface area contributed by atoms with Gasteiger partial charge in [-0.1, -0.05) is 0 Å². The fourth-order valence-corrected chi connectivity index (χ4v) is 2.61. The predicted octanol–water partition coefficient (Wildman–Crippen LogP) is 1.75. The monoisotopic (exact) mass is 364 g/mol. The molecule has 27 heavy (non-hydrogen) atoms. The highest BCUT2D eigenvalue weighted by atomic mass is 19.1. The number of pyridine rings is 1. The molecule has 3 aromatic heterocycles. The first-order valence-corrected chi connectivity index (χ1v) is 7.99. The zero-order valence-electron chi connectivity index (χ0n) is 13.9. The van der Waals surface area contributed by atoms with Crippen LogP contribution in [0.5, 0.6) is 0 Å². The van der Waals surface area contributed by atoms with E-state index in [-0.39, 0.29) is 11.9 Å². The van der Waals surface area contributed by atoms with Crippen LogP contribution < -0.4 is 10.9 Å². The summed E-state index contributed by atoms with van der Waals surface area (Å²) in [4.78, 5) is 36.9. The van der Waals surface area contributed by atoms with Crippen molar-refractivity contribution in [2.45, 2.75) is 6.54 Å². The van der Waals surface area contributed by atoms with Crippen molar-refractivity contribution in [3.8, 4) is 5.82 Å². The summed E-state index contributed by atoms with van der Waals surface area (Å²) in [6, 6.07) is 7.18. The van der Waals surface area contributed by atoms with Crippen molar-refractivity contribution >= 4 is 22.5 Å². The summed E-state index contributed by atoms with van der Waals surface area (Å²) in [7, 11) is 0. The molecule has 0 aliphatic rings. The van der Waals surface area contributed by atoms with Crippen molar-refractivity contribution in [2.75, 3.05) is 5.32 Å². The van der Waals surface area contributed by atoms with Crippen molar-refractivity contribution in [2.24, 2.45) is 0 Å². The number of amides is 1. The Labute approximate surface area is 152 Å². The standard InChI is InChI=1S/C18H13FN6O2/c19-12-1-3-15-14(7-12)18(27)25(11-22-15)9-17(26)23-13-2-4-16(21-8-13)24-6-5-20-10-24/h1-8,10-11H,9H2,(H,23,26). The third-order valence-electron chi connectivity index (χ3n) is 3.90. The number of nitrogens with one attached hydrogen (secondary N) is 1. The van der Waals surface area contributed by atoms with Gasteiger partial charge in [0.2, 0.25) is 5.91 Å². The van der Waals surface area contributed by atoms with E-state index in [1.165, 1.54) is 24.7 Å². The maximum atomic E-state index is 13.4. The van der Waals surface area contributed by atoms with Crippen molar-refractivity contribution in [1.29, 1.82) is 0 Å². The van der Waals surface area contributed by atoms with E-state index in [0.29, 0.717) is 17.0 Å². The smallest absolute Gasteiger partial charge is 0.261 e. The van der Waals surface area contributed by atoms with Crippen LogP contribution in [0, 0.1) is 5.82 Å². The lowest BCUT2D eigenvalue weighted by atomic mass is 10.2. The number of imidazole rings is 1. The fraction of sp³-hybridized carbons (Fsp3) is 0.0556. The summed E-state index contributed by atoms with van der Waals surface area (Å²) in [5.74, 6) is -0.304. The first kappa shape index (κ1) is 16.6. The van der Waals surface area contributed by atoms with Gasteiger partial charge in [-0.2, -0.15) is 0 Å². The Morgan fingerprint density at radius 1 is 1.15 bits per heavy atom. The molecule has 4 aromatic rings. The van der Waals surface area contributed by atoms with Gasteiger partial charge in [0.05, 0.1) is 29.1 Å². The second-order valence-corrected chi connectivity index (χ2v) is 5.76. The highest BCUT2D eigenvalue weighted by Gasteiger charge is 2.10. The van der Waals surface area contributed by atoms with E-state index in [0.717, 1.165) is 10.6 Å². The van der Waals surface area contributed by atoms with Crippen LogP contribution in [0.15, 0.2) is 66.4 Å². The number of fused-ring (bicyclic) bond motifs is 1.